The van der Waals surface area contributed by atoms with Gasteiger partial charge in [-0.3, -0.25) is 9.36 Å². The lowest BCUT2D eigenvalue weighted by atomic mass is 10.1. The molecule has 0 radical (unpaired) electrons. The van der Waals surface area contributed by atoms with Crippen LogP contribution in [0.2, 0.25) is 0 Å². The fraction of sp³-hybridized carbons (Fsp3) is 0.167. The van der Waals surface area contributed by atoms with E-state index in [2.05, 4.69) is 16.4 Å². The summed E-state index contributed by atoms with van der Waals surface area (Å²) in [6, 6.07) is 21.6. The number of aromatic nitrogens is 2. The number of para-hydroxylation sites is 2. The molecule has 4 rings (SSSR count). The van der Waals surface area contributed by atoms with Gasteiger partial charge in [-0.15, -0.1) is 0 Å². The lowest BCUT2D eigenvalue weighted by molar-refractivity contribution is 0.0954. The summed E-state index contributed by atoms with van der Waals surface area (Å²) >= 11 is 0. The number of ether oxygens (including phenoxy) is 1. The molecule has 3 aromatic carbocycles. The number of amides is 1. The fourth-order valence-electron chi connectivity index (χ4n) is 3.45. The van der Waals surface area contributed by atoms with Crippen LogP contribution in [-0.2, 0) is 6.42 Å². The highest BCUT2D eigenvalue weighted by molar-refractivity contribution is 5.94. The Morgan fingerprint density at radius 2 is 1.86 bits per heavy atom. The zero-order chi connectivity index (χ0) is 20.2. The number of imidazole rings is 1. The van der Waals surface area contributed by atoms with Crippen molar-refractivity contribution >= 4 is 16.9 Å². The van der Waals surface area contributed by atoms with Crippen LogP contribution in [0.4, 0.5) is 0 Å². The highest BCUT2D eigenvalue weighted by atomic mass is 16.5. The third-order valence-corrected chi connectivity index (χ3v) is 4.98. The largest absolute Gasteiger partial charge is 0.496 e. The van der Waals surface area contributed by atoms with Gasteiger partial charge >= 0.3 is 0 Å². The molecule has 1 aromatic heterocycles. The normalized spacial score (nSPS) is 10.8. The van der Waals surface area contributed by atoms with Gasteiger partial charge in [-0.2, -0.15) is 0 Å². The summed E-state index contributed by atoms with van der Waals surface area (Å²) in [5, 5.41) is 2.99. The standard InChI is InChI=1S/C24H23N3O2/c1-17-7-12-23(29-2)19(15-17)13-14-25-24(28)18-8-10-20(11-9-18)27-16-26-21-5-3-4-6-22(21)27/h3-12,15-16H,13-14H2,1-2H3,(H,25,28). The van der Waals surface area contributed by atoms with Crippen LogP contribution in [0.1, 0.15) is 21.5 Å². The van der Waals surface area contributed by atoms with Gasteiger partial charge in [0.1, 0.15) is 12.1 Å². The summed E-state index contributed by atoms with van der Waals surface area (Å²) in [6.45, 7) is 2.60. The van der Waals surface area contributed by atoms with Crippen LogP contribution in [0, 0.1) is 6.92 Å². The molecule has 4 aromatic rings. The fourth-order valence-corrected chi connectivity index (χ4v) is 3.45. The van der Waals surface area contributed by atoms with Gasteiger partial charge in [0, 0.05) is 17.8 Å². The predicted octanol–water partition coefficient (Wildman–Crippen LogP) is 4.32. The molecular weight excluding hydrogens is 362 g/mol. The Labute approximate surface area is 170 Å². The number of aryl methyl sites for hydroxylation is 1. The minimum Gasteiger partial charge on any atom is -0.496 e. The molecule has 0 spiro atoms. The summed E-state index contributed by atoms with van der Waals surface area (Å²) in [7, 11) is 1.66. The van der Waals surface area contributed by atoms with E-state index in [1.54, 1.807) is 13.4 Å². The summed E-state index contributed by atoms with van der Waals surface area (Å²) in [4.78, 5) is 16.9. The molecular formula is C24H23N3O2. The zero-order valence-electron chi connectivity index (χ0n) is 16.6. The SMILES string of the molecule is COc1ccc(C)cc1CCNC(=O)c1ccc(-n2cnc3ccccc32)cc1. The number of carbonyl (C=O) groups is 1. The molecule has 0 atom stereocenters. The monoisotopic (exact) mass is 385 g/mol. The Balaban J connectivity index is 1.42. The summed E-state index contributed by atoms with van der Waals surface area (Å²) in [5.41, 5.74) is 5.86. The average Bonchev–Trinajstić information content (AvgIpc) is 3.18. The number of methoxy groups -OCH3 is 1. The summed E-state index contributed by atoms with van der Waals surface area (Å²) in [5.74, 6) is 0.764. The van der Waals surface area contributed by atoms with Crippen LogP contribution >= 0.6 is 0 Å². The Kier molecular flexibility index (Phi) is 5.29. The van der Waals surface area contributed by atoms with Crippen molar-refractivity contribution in [3.05, 3.63) is 89.7 Å². The maximum Gasteiger partial charge on any atom is 0.251 e. The Morgan fingerprint density at radius 3 is 2.66 bits per heavy atom. The number of hydrogen-bond acceptors (Lipinski definition) is 3. The van der Waals surface area contributed by atoms with Gasteiger partial charge < -0.3 is 10.1 Å². The molecule has 5 heteroatoms. The number of rotatable bonds is 6. The maximum atomic E-state index is 12.5. The highest BCUT2D eigenvalue weighted by Crippen LogP contribution is 2.20. The molecule has 29 heavy (non-hydrogen) atoms. The highest BCUT2D eigenvalue weighted by Gasteiger charge is 2.09. The molecule has 146 valence electrons. The van der Waals surface area contributed by atoms with Crippen LogP contribution in [-0.4, -0.2) is 29.1 Å². The zero-order valence-corrected chi connectivity index (χ0v) is 16.6. The van der Waals surface area contributed by atoms with Gasteiger partial charge in [0.2, 0.25) is 0 Å². The number of nitrogens with one attached hydrogen (secondary N) is 1. The Bertz CT molecular complexity index is 1150. The second kappa shape index (κ2) is 8.19. The van der Waals surface area contributed by atoms with E-state index < -0.39 is 0 Å². The van der Waals surface area contributed by atoms with Crippen molar-refractivity contribution in [3.63, 3.8) is 0 Å². The van der Waals surface area contributed by atoms with Crippen molar-refractivity contribution < 1.29 is 9.53 Å². The van der Waals surface area contributed by atoms with E-state index in [0.717, 1.165) is 34.5 Å². The predicted molar refractivity (Wildman–Crippen MR) is 115 cm³/mol. The first-order chi connectivity index (χ1) is 14.2. The van der Waals surface area contributed by atoms with E-state index in [4.69, 9.17) is 4.74 Å². The average molecular weight is 385 g/mol. The molecule has 0 aliphatic heterocycles. The minimum absolute atomic E-state index is 0.0846. The van der Waals surface area contributed by atoms with E-state index in [0.29, 0.717) is 12.1 Å². The molecule has 1 amide bonds. The maximum absolute atomic E-state index is 12.5. The Morgan fingerprint density at radius 1 is 1.07 bits per heavy atom. The quantitative estimate of drug-likeness (QED) is 0.538. The van der Waals surface area contributed by atoms with E-state index >= 15 is 0 Å². The molecule has 0 saturated heterocycles. The Hall–Kier alpha value is -3.60. The summed E-state index contributed by atoms with van der Waals surface area (Å²) < 4.78 is 7.42. The van der Waals surface area contributed by atoms with Crippen molar-refractivity contribution in [2.24, 2.45) is 0 Å². The van der Waals surface area contributed by atoms with Crippen molar-refractivity contribution in [1.29, 1.82) is 0 Å². The van der Waals surface area contributed by atoms with Crippen molar-refractivity contribution in [3.8, 4) is 11.4 Å². The van der Waals surface area contributed by atoms with Crippen LogP contribution < -0.4 is 10.1 Å². The minimum atomic E-state index is -0.0846. The third kappa shape index (κ3) is 3.99. The number of hydrogen-bond donors (Lipinski definition) is 1. The van der Waals surface area contributed by atoms with Gasteiger partial charge in [-0.25, -0.2) is 4.98 Å². The van der Waals surface area contributed by atoms with Crippen molar-refractivity contribution in [2.75, 3.05) is 13.7 Å². The molecule has 0 aliphatic rings. The van der Waals surface area contributed by atoms with Crippen molar-refractivity contribution in [1.82, 2.24) is 14.9 Å². The first-order valence-corrected chi connectivity index (χ1v) is 9.60. The van der Waals surface area contributed by atoms with E-state index in [1.165, 1.54) is 5.56 Å². The number of fused-ring (bicyclic) bond motifs is 1. The van der Waals surface area contributed by atoms with Crippen molar-refractivity contribution in [2.45, 2.75) is 13.3 Å². The molecule has 0 aliphatic carbocycles. The first kappa shape index (κ1) is 18.7. The molecule has 0 fully saturated rings. The second-order valence-corrected chi connectivity index (χ2v) is 6.97. The van der Waals surface area contributed by atoms with E-state index in [1.807, 2.05) is 72.2 Å². The molecule has 1 heterocycles. The molecule has 1 N–H and O–H groups in total. The van der Waals surface area contributed by atoms with Crippen LogP contribution in [0.25, 0.3) is 16.7 Å². The lowest BCUT2D eigenvalue weighted by Crippen LogP contribution is -2.25. The van der Waals surface area contributed by atoms with Gasteiger partial charge in [0.15, 0.2) is 0 Å². The van der Waals surface area contributed by atoms with Gasteiger partial charge in [-0.05, 0) is 61.4 Å². The molecule has 0 unspecified atom stereocenters. The topological polar surface area (TPSA) is 56.1 Å². The number of nitrogens with zero attached hydrogens (tertiary/aromatic N) is 2. The second-order valence-electron chi connectivity index (χ2n) is 6.97. The molecule has 5 nitrogen and oxygen atoms in total. The van der Waals surface area contributed by atoms with E-state index in [-0.39, 0.29) is 5.91 Å². The van der Waals surface area contributed by atoms with Gasteiger partial charge in [0.05, 0.1) is 18.1 Å². The van der Waals surface area contributed by atoms with Crippen LogP contribution in [0.3, 0.4) is 0 Å². The number of benzene rings is 3. The van der Waals surface area contributed by atoms with Crippen LogP contribution in [0.5, 0.6) is 5.75 Å². The third-order valence-electron chi connectivity index (χ3n) is 4.98. The smallest absolute Gasteiger partial charge is 0.251 e. The van der Waals surface area contributed by atoms with Crippen LogP contribution in [0.15, 0.2) is 73.1 Å². The molecule has 0 saturated carbocycles. The summed E-state index contributed by atoms with van der Waals surface area (Å²) in [6.07, 6.45) is 2.52. The molecule has 0 bridgehead atoms. The van der Waals surface area contributed by atoms with Gasteiger partial charge in [-0.1, -0.05) is 29.8 Å². The first-order valence-electron chi connectivity index (χ1n) is 9.60. The van der Waals surface area contributed by atoms with Gasteiger partial charge in [0.25, 0.3) is 5.91 Å². The lowest BCUT2D eigenvalue weighted by Gasteiger charge is -2.11. The van der Waals surface area contributed by atoms with E-state index in [9.17, 15) is 4.79 Å². The number of carbonyl (C=O) groups excluding carboxylic acids is 1.